The lowest BCUT2D eigenvalue weighted by molar-refractivity contribution is -0.138. The molecule has 0 bridgehead atoms. The number of benzene rings is 1. The van der Waals surface area contributed by atoms with Crippen molar-refractivity contribution in [2.45, 2.75) is 31.7 Å². The number of aryl methyl sites for hydroxylation is 1. The lowest BCUT2D eigenvalue weighted by Crippen LogP contribution is -2.38. The maximum absolute atomic E-state index is 12.9. The van der Waals surface area contributed by atoms with E-state index in [4.69, 9.17) is 16.7 Å². The number of aliphatic hydroxyl groups excluding tert-OH is 3. The standard InChI is InChI=1S/C22H23ClF3N3O4/c1-12-8-15(2-3-16(12)22(24,25)26)28-21(33)29-6-4-13(5-7-29)19-17(23)9-14(10-27-19)20(32)18(31)11-30/h2-4,8-10,18,20,30-32H,5-7,11H2,1H3,(H,28,33)/t18-,20-/m0/s1. The molecule has 0 saturated carbocycles. The summed E-state index contributed by atoms with van der Waals surface area (Å²) in [4.78, 5) is 18.3. The third-order valence-electron chi connectivity index (χ3n) is 5.34. The minimum absolute atomic E-state index is 0.0157. The minimum atomic E-state index is -4.45. The Hall–Kier alpha value is -2.66. The van der Waals surface area contributed by atoms with Crippen molar-refractivity contribution < 1.29 is 33.3 Å². The highest BCUT2D eigenvalue weighted by atomic mass is 35.5. The SMILES string of the molecule is Cc1cc(NC(=O)N2CC=C(c3ncc([C@H](O)[C@@H](O)CO)cc3Cl)CC2)ccc1C(F)(F)F. The molecule has 178 valence electrons. The third-order valence-corrected chi connectivity index (χ3v) is 5.63. The molecule has 0 saturated heterocycles. The predicted octanol–water partition coefficient (Wildman–Crippen LogP) is 3.77. The molecule has 0 aliphatic carbocycles. The number of aliphatic hydroxyl groups is 3. The molecule has 4 N–H and O–H groups in total. The topological polar surface area (TPSA) is 106 Å². The number of amides is 2. The Balaban J connectivity index is 1.66. The number of anilines is 1. The van der Waals surface area contributed by atoms with Crippen LogP contribution in [-0.2, 0) is 6.18 Å². The van der Waals surface area contributed by atoms with Crippen LogP contribution in [0.4, 0.5) is 23.7 Å². The van der Waals surface area contributed by atoms with Gasteiger partial charge < -0.3 is 25.5 Å². The van der Waals surface area contributed by atoms with Gasteiger partial charge in [0.05, 0.1) is 22.9 Å². The maximum atomic E-state index is 12.9. The van der Waals surface area contributed by atoms with Crippen LogP contribution in [0.1, 0.15) is 34.9 Å². The van der Waals surface area contributed by atoms with Crippen molar-refractivity contribution in [1.29, 1.82) is 0 Å². The van der Waals surface area contributed by atoms with E-state index in [0.717, 1.165) is 11.6 Å². The molecule has 0 unspecified atom stereocenters. The molecule has 1 aliphatic rings. The number of hydrogen-bond acceptors (Lipinski definition) is 5. The van der Waals surface area contributed by atoms with Gasteiger partial charge in [-0.2, -0.15) is 13.2 Å². The van der Waals surface area contributed by atoms with Crippen LogP contribution in [0.5, 0.6) is 0 Å². The fraction of sp³-hybridized carbons (Fsp3) is 0.364. The number of halogens is 4. The molecular weight excluding hydrogens is 463 g/mol. The first-order valence-corrected chi connectivity index (χ1v) is 10.4. The third kappa shape index (κ3) is 5.83. The van der Waals surface area contributed by atoms with E-state index in [2.05, 4.69) is 10.3 Å². The van der Waals surface area contributed by atoms with E-state index in [9.17, 15) is 28.2 Å². The summed E-state index contributed by atoms with van der Waals surface area (Å²) in [5.41, 5.74) is 1.06. The zero-order valence-electron chi connectivity index (χ0n) is 17.6. The molecule has 0 spiro atoms. The van der Waals surface area contributed by atoms with Crippen LogP contribution in [0.15, 0.2) is 36.5 Å². The van der Waals surface area contributed by atoms with Gasteiger partial charge in [0.1, 0.15) is 12.2 Å². The smallest absolute Gasteiger partial charge is 0.394 e. The van der Waals surface area contributed by atoms with Gasteiger partial charge in [0, 0.05) is 30.5 Å². The molecule has 7 nitrogen and oxygen atoms in total. The number of aromatic nitrogens is 1. The van der Waals surface area contributed by atoms with E-state index in [0.29, 0.717) is 18.7 Å². The van der Waals surface area contributed by atoms with E-state index in [1.165, 1.54) is 36.2 Å². The Kier molecular flexibility index (Phi) is 7.63. The van der Waals surface area contributed by atoms with E-state index in [1.54, 1.807) is 6.08 Å². The van der Waals surface area contributed by atoms with Gasteiger partial charge in [-0.25, -0.2) is 4.79 Å². The van der Waals surface area contributed by atoms with Crippen LogP contribution in [0.2, 0.25) is 5.02 Å². The average molecular weight is 486 g/mol. The highest BCUT2D eigenvalue weighted by Gasteiger charge is 2.32. The van der Waals surface area contributed by atoms with Crippen LogP contribution in [0.25, 0.3) is 5.57 Å². The number of carbonyl (C=O) groups is 1. The first-order chi connectivity index (χ1) is 15.5. The van der Waals surface area contributed by atoms with Crippen LogP contribution in [0, 0.1) is 6.92 Å². The van der Waals surface area contributed by atoms with E-state index < -0.39 is 36.6 Å². The second-order valence-corrected chi connectivity index (χ2v) is 8.08. The number of nitrogens with one attached hydrogen (secondary N) is 1. The average Bonchev–Trinajstić information content (AvgIpc) is 2.77. The molecule has 2 aromatic rings. The Morgan fingerprint density at radius 2 is 2.03 bits per heavy atom. The first kappa shape index (κ1) is 25.0. The van der Waals surface area contributed by atoms with Gasteiger partial charge in [0.2, 0.25) is 0 Å². The molecule has 0 fully saturated rings. The summed E-state index contributed by atoms with van der Waals surface area (Å²) in [5.74, 6) is 0. The number of pyridine rings is 1. The molecule has 11 heteroatoms. The lowest BCUT2D eigenvalue weighted by Gasteiger charge is -2.27. The number of nitrogens with zero attached hydrogens (tertiary/aromatic N) is 2. The van der Waals surface area contributed by atoms with Crippen molar-refractivity contribution in [3.63, 3.8) is 0 Å². The first-order valence-electron chi connectivity index (χ1n) is 10.1. The quantitative estimate of drug-likeness (QED) is 0.516. The second-order valence-electron chi connectivity index (χ2n) is 7.68. The molecule has 1 aromatic carbocycles. The monoisotopic (exact) mass is 485 g/mol. The van der Waals surface area contributed by atoms with Gasteiger partial charge in [-0.05, 0) is 48.7 Å². The Morgan fingerprint density at radius 1 is 1.30 bits per heavy atom. The fourth-order valence-corrected chi connectivity index (χ4v) is 3.80. The molecule has 1 aromatic heterocycles. The normalized spacial score (nSPS) is 16.2. The molecule has 0 radical (unpaired) electrons. The van der Waals surface area contributed by atoms with Gasteiger partial charge in [-0.3, -0.25) is 4.98 Å². The van der Waals surface area contributed by atoms with E-state index >= 15 is 0 Å². The highest BCUT2D eigenvalue weighted by Crippen LogP contribution is 2.33. The summed E-state index contributed by atoms with van der Waals surface area (Å²) in [7, 11) is 0. The lowest BCUT2D eigenvalue weighted by atomic mass is 10.0. The molecule has 33 heavy (non-hydrogen) atoms. The van der Waals surface area contributed by atoms with Gasteiger partial charge in [-0.1, -0.05) is 17.7 Å². The van der Waals surface area contributed by atoms with Crippen molar-refractivity contribution >= 4 is 28.9 Å². The summed E-state index contributed by atoms with van der Waals surface area (Å²) in [6.07, 6.45) is -3.57. The summed E-state index contributed by atoms with van der Waals surface area (Å²) in [5, 5.41) is 31.4. The number of carbonyl (C=O) groups excluding carboxylic acids is 1. The maximum Gasteiger partial charge on any atom is 0.416 e. The molecule has 1 aliphatic heterocycles. The highest BCUT2D eigenvalue weighted by molar-refractivity contribution is 6.32. The van der Waals surface area contributed by atoms with Crippen molar-refractivity contribution in [2.24, 2.45) is 0 Å². The zero-order chi connectivity index (χ0) is 24.3. The van der Waals surface area contributed by atoms with Crippen molar-refractivity contribution in [1.82, 2.24) is 9.88 Å². The van der Waals surface area contributed by atoms with E-state index in [1.807, 2.05) is 0 Å². The fourth-order valence-electron chi connectivity index (χ4n) is 3.50. The number of alkyl halides is 3. The molecular formula is C22H23ClF3N3O4. The minimum Gasteiger partial charge on any atom is -0.394 e. The van der Waals surface area contributed by atoms with Crippen molar-refractivity contribution in [3.05, 3.63) is 63.9 Å². The summed E-state index contributed by atoms with van der Waals surface area (Å²) < 4.78 is 38.7. The largest absolute Gasteiger partial charge is 0.416 e. The number of rotatable bonds is 5. The molecule has 2 heterocycles. The Morgan fingerprint density at radius 3 is 2.58 bits per heavy atom. The van der Waals surface area contributed by atoms with Gasteiger partial charge >= 0.3 is 12.2 Å². The van der Waals surface area contributed by atoms with Crippen LogP contribution in [0.3, 0.4) is 0 Å². The molecule has 2 amide bonds. The zero-order valence-corrected chi connectivity index (χ0v) is 18.4. The number of urea groups is 1. The molecule has 3 rings (SSSR count). The van der Waals surface area contributed by atoms with Crippen molar-refractivity contribution in [2.75, 3.05) is 25.0 Å². The Labute approximate surface area is 193 Å². The van der Waals surface area contributed by atoms with Crippen LogP contribution >= 0.6 is 11.6 Å². The van der Waals surface area contributed by atoms with Crippen LogP contribution in [-0.4, -0.2) is 57.0 Å². The second kappa shape index (κ2) is 10.1. The summed E-state index contributed by atoms with van der Waals surface area (Å²) in [6, 6.07) is 4.44. The summed E-state index contributed by atoms with van der Waals surface area (Å²) >= 11 is 6.29. The van der Waals surface area contributed by atoms with Gasteiger partial charge in [0.15, 0.2) is 0 Å². The number of hydrogen-bond donors (Lipinski definition) is 4. The predicted molar refractivity (Wildman–Crippen MR) is 117 cm³/mol. The van der Waals surface area contributed by atoms with E-state index in [-0.39, 0.29) is 28.4 Å². The van der Waals surface area contributed by atoms with Gasteiger partial charge in [0.25, 0.3) is 0 Å². The van der Waals surface area contributed by atoms with Crippen molar-refractivity contribution in [3.8, 4) is 0 Å². The Bertz CT molecular complexity index is 1060. The molecule has 2 atom stereocenters. The summed E-state index contributed by atoms with van der Waals surface area (Å²) in [6.45, 7) is 1.30. The van der Waals surface area contributed by atoms with Crippen LogP contribution < -0.4 is 5.32 Å². The van der Waals surface area contributed by atoms with Gasteiger partial charge in [-0.15, -0.1) is 0 Å².